The summed E-state index contributed by atoms with van der Waals surface area (Å²) in [5.74, 6) is -0.267. The van der Waals surface area contributed by atoms with Gasteiger partial charge in [-0.1, -0.05) is 18.2 Å². The van der Waals surface area contributed by atoms with Gasteiger partial charge in [0.2, 0.25) is 15.9 Å². The summed E-state index contributed by atoms with van der Waals surface area (Å²) in [4.78, 5) is 16.9. The van der Waals surface area contributed by atoms with Gasteiger partial charge in [0.1, 0.15) is 5.01 Å². The van der Waals surface area contributed by atoms with E-state index < -0.39 is 26.4 Å². The molecule has 2 aromatic carbocycles. The maximum Gasteiger partial charge on any atom is 0.357 e. The smallest absolute Gasteiger partial charge is 0.326 e. The van der Waals surface area contributed by atoms with Crippen LogP contribution in [0.1, 0.15) is 24.2 Å². The summed E-state index contributed by atoms with van der Waals surface area (Å²) in [6.45, 7) is 1.36. The molecule has 4 rings (SSSR count). The van der Waals surface area contributed by atoms with Gasteiger partial charge in [0, 0.05) is 18.0 Å². The fourth-order valence-corrected chi connectivity index (χ4v) is 6.77. The molecule has 14 heteroatoms. The van der Waals surface area contributed by atoms with Gasteiger partial charge < -0.3 is 5.32 Å². The molecule has 37 heavy (non-hydrogen) atoms. The van der Waals surface area contributed by atoms with E-state index in [4.69, 9.17) is 4.55 Å². The van der Waals surface area contributed by atoms with E-state index in [9.17, 15) is 21.6 Å². The van der Waals surface area contributed by atoms with Gasteiger partial charge >= 0.3 is 10.3 Å². The minimum atomic E-state index is -4.41. The summed E-state index contributed by atoms with van der Waals surface area (Å²) in [6, 6.07) is 15.1. The summed E-state index contributed by atoms with van der Waals surface area (Å²) >= 11 is 2.93. The van der Waals surface area contributed by atoms with Crippen LogP contribution in [0.5, 0.6) is 0 Å². The molecule has 0 unspecified atom stereocenters. The molecule has 194 valence electrons. The molecule has 0 radical (unpaired) electrons. The molecule has 0 saturated heterocycles. The molecule has 0 bridgehead atoms. The first-order chi connectivity index (χ1) is 17.5. The van der Waals surface area contributed by atoms with Crippen molar-refractivity contribution in [3.05, 3.63) is 82.7 Å². The maximum absolute atomic E-state index is 13.3. The zero-order valence-electron chi connectivity index (χ0n) is 19.3. The molecule has 0 fully saturated rings. The lowest BCUT2D eigenvalue weighted by atomic mass is 10.0. The molecule has 0 aliphatic rings. The van der Waals surface area contributed by atoms with Gasteiger partial charge in [0.15, 0.2) is 0 Å². The summed E-state index contributed by atoms with van der Waals surface area (Å²) in [5, 5.41) is 7.10. The van der Waals surface area contributed by atoms with E-state index in [0.717, 1.165) is 9.88 Å². The fraction of sp³-hybridized carbons (Fsp3) is 0.130. The first kappa shape index (κ1) is 26.9. The molecule has 2 aromatic heterocycles. The number of carbonyl (C=O) groups is 1. The Kier molecular flexibility index (Phi) is 8.06. The van der Waals surface area contributed by atoms with Gasteiger partial charge in [0.25, 0.3) is 0 Å². The van der Waals surface area contributed by atoms with E-state index >= 15 is 0 Å². The number of carbonyl (C=O) groups excluding carboxylic acids is 1. The molecular formula is C23H22N4O6S4. The fourth-order valence-electron chi connectivity index (χ4n) is 3.44. The van der Waals surface area contributed by atoms with E-state index in [0.29, 0.717) is 16.9 Å². The average molecular weight is 579 g/mol. The van der Waals surface area contributed by atoms with E-state index in [1.54, 1.807) is 17.5 Å². The molecule has 2 heterocycles. The van der Waals surface area contributed by atoms with Crippen molar-refractivity contribution in [3.8, 4) is 9.88 Å². The number of nitrogens with one attached hydrogen (secondary N) is 3. The number of sulfonamides is 1. The van der Waals surface area contributed by atoms with Crippen LogP contribution in [0.3, 0.4) is 0 Å². The molecule has 0 aliphatic carbocycles. The van der Waals surface area contributed by atoms with Crippen molar-refractivity contribution in [1.29, 1.82) is 0 Å². The number of nitrogens with zero attached hydrogens (tertiary/aromatic N) is 1. The molecule has 0 saturated carbocycles. The Hall–Kier alpha value is -3.14. The Balaban J connectivity index is 1.61. The summed E-state index contributed by atoms with van der Waals surface area (Å²) in [6.07, 6.45) is 0.225. The van der Waals surface area contributed by atoms with Crippen LogP contribution in [-0.4, -0.2) is 32.3 Å². The Bertz CT molecular complexity index is 1580. The van der Waals surface area contributed by atoms with E-state index in [2.05, 4.69) is 15.0 Å². The van der Waals surface area contributed by atoms with Crippen molar-refractivity contribution in [1.82, 2.24) is 9.71 Å². The second kappa shape index (κ2) is 11.1. The molecule has 0 aliphatic heterocycles. The van der Waals surface area contributed by atoms with Crippen molar-refractivity contribution >= 4 is 60.3 Å². The van der Waals surface area contributed by atoms with Crippen molar-refractivity contribution in [2.45, 2.75) is 24.3 Å². The van der Waals surface area contributed by atoms with Crippen molar-refractivity contribution in [2.24, 2.45) is 0 Å². The lowest BCUT2D eigenvalue weighted by Gasteiger charge is -2.18. The zero-order chi connectivity index (χ0) is 26.6. The second-order valence-corrected chi connectivity index (χ2v) is 12.6. The summed E-state index contributed by atoms with van der Waals surface area (Å²) in [5.41, 5.74) is 1.88. The number of benzene rings is 2. The minimum Gasteiger partial charge on any atom is -0.326 e. The number of hydrogen-bond donors (Lipinski definition) is 4. The summed E-state index contributed by atoms with van der Waals surface area (Å²) < 4.78 is 62.3. The summed E-state index contributed by atoms with van der Waals surface area (Å²) in [7, 11) is -8.38. The highest BCUT2D eigenvalue weighted by atomic mass is 32.2. The van der Waals surface area contributed by atoms with E-state index in [1.165, 1.54) is 66.0 Å². The lowest BCUT2D eigenvalue weighted by molar-refractivity contribution is -0.114. The van der Waals surface area contributed by atoms with Crippen molar-refractivity contribution in [2.75, 3.05) is 10.0 Å². The number of thiazole rings is 1. The quantitative estimate of drug-likeness (QED) is 0.205. The molecule has 4 aromatic rings. The third-order valence-electron chi connectivity index (χ3n) is 5.03. The van der Waals surface area contributed by atoms with E-state index in [1.807, 2.05) is 22.2 Å². The number of anilines is 2. The van der Waals surface area contributed by atoms with Gasteiger partial charge in [-0.25, -0.2) is 18.1 Å². The first-order valence-corrected chi connectivity index (χ1v) is 15.4. The monoisotopic (exact) mass is 578 g/mol. The third-order valence-corrected chi connectivity index (χ3v) is 8.91. The predicted molar refractivity (Wildman–Crippen MR) is 145 cm³/mol. The normalized spacial score (nSPS) is 12.7. The van der Waals surface area contributed by atoms with Gasteiger partial charge in [-0.3, -0.25) is 14.1 Å². The van der Waals surface area contributed by atoms with Crippen molar-refractivity contribution in [3.63, 3.8) is 0 Å². The number of amides is 1. The topological polar surface area (TPSA) is 155 Å². The Morgan fingerprint density at radius 1 is 0.973 bits per heavy atom. The predicted octanol–water partition coefficient (Wildman–Crippen LogP) is 4.31. The van der Waals surface area contributed by atoms with Crippen LogP contribution in [0.4, 0.5) is 11.4 Å². The molecule has 1 amide bonds. The molecule has 4 N–H and O–H groups in total. The van der Waals surface area contributed by atoms with Crippen molar-refractivity contribution < 1.29 is 26.2 Å². The van der Waals surface area contributed by atoms with Crippen LogP contribution in [-0.2, 0) is 31.5 Å². The van der Waals surface area contributed by atoms with Gasteiger partial charge in [-0.05, 0) is 59.8 Å². The standard InChI is InChI=1S/C23H22N4O6S4/c1-15(28)24-17-8-10-19(11-9-17)36(29,30)27-20(21-14-35-23(25-21)22-3-2-12-34-22)13-16-4-6-18(7-5-16)26-37(31,32)33/h2-12,14,20,26-27H,13H2,1H3,(H,24,28)(H,31,32,33)/t20-/m0/s1. The van der Waals surface area contributed by atoms with Crippen LogP contribution < -0.4 is 14.8 Å². The highest BCUT2D eigenvalue weighted by Gasteiger charge is 2.24. The third kappa shape index (κ3) is 7.44. The van der Waals surface area contributed by atoms with Crippen LogP contribution in [0.15, 0.2) is 76.3 Å². The van der Waals surface area contributed by atoms with Crippen LogP contribution >= 0.6 is 22.7 Å². The molecule has 1 atom stereocenters. The first-order valence-electron chi connectivity index (χ1n) is 10.7. The largest absolute Gasteiger partial charge is 0.357 e. The SMILES string of the molecule is CC(=O)Nc1ccc(S(=O)(=O)N[C@@H](Cc2ccc(NS(=O)(=O)O)cc2)c2csc(-c3cccs3)n2)cc1. The van der Waals surface area contributed by atoms with Gasteiger partial charge in [0.05, 0.1) is 27.2 Å². The van der Waals surface area contributed by atoms with Crippen LogP contribution in [0.2, 0.25) is 0 Å². The van der Waals surface area contributed by atoms with Crippen LogP contribution in [0.25, 0.3) is 9.88 Å². The number of rotatable bonds is 10. The molecular weight excluding hydrogens is 557 g/mol. The average Bonchev–Trinajstić information content (AvgIpc) is 3.51. The lowest BCUT2D eigenvalue weighted by Crippen LogP contribution is -2.30. The van der Waals surface area contributed by atoms with Crippen LogP contribution in [0, 0.1) is 0 Å². The van der Waals surface area contributed by atoms with E-state index in [-0.39, 0.29) is 22.9 Å². The van der Waals surface area contributed by atoms with Gasteiger partial charge in [-0.15, -0.1) is 22.7 Å². The Labute approximate surface area is 222 Å². The molecule has 10 nitrogen and oxygen atoms in total. The minimum absolute atomic E-state index is 0.0213. The highest BCUT2D eigenvalue weighted by Crippen LogP contribution is 2.31. The zero-order valence-corrected chi connectivity index (χ0v) is 22.5. The second-order valence-electron chi connectivity index (χ2n) is 7.91. The Morgan fingerprint density at radius 3 is 2.24 bits per heavy atom. The number of thiophene rings is 1. The molecule has 0 spiro atoms. The Morgan fingerprint density at radius 2 is 1.65 bits per heavy atom. The highest BCUT2D eigenvalue weighted by molar-refractivity contribution is 7.89. The number of aromatic nitrogens is 1. The maximum atomic E-state index is 13.3. The number of hydrogen-bond acceptors (Lipinski definition) is 8. The van der Waals surface area contributed by atoms with Gasteiger partial charge in [-0.2, -0.15) is 8.42 Å².